The van der Waals surface area contributed by atoms with Crippen molar-refractivity contribution in [1.82, 2.24) is 10.3 Å². The van der Waals surface area contributed by atoms with Crippen molar-refractivity contribution in [2.24, 2.45) is 0 Å². The molecule has 78 valence electrons. The molecule has 0 radical (unpaired) electrons. The molecular formula is C10H16N2OS. The van der Waals surface area contributed by atoms with Gasteiger partial charge in [0.2, 0.25) is 5.91 Å². The molecule has 1 aromatic rings. The smallest absolute Gasteiger partial charge is 0.220 e. The summed E-state index contributed by atoms with van der Waals surface area (Å²) >= 11 is 1.58. The summed E-state index contributed by atoms with van der Waals surface area (Å²) < 4.78 is 0. The first kappa shape index (κ1) is 11.2. The number of carbonyl (C=O) groups excluding carboxylic acids is 1. The summed E-state index contributed by atoms with van der Waals surface area (Å²) in [5.41, 5.74) is 0.648. The van der Waals surface area contributed by atoms with Gasteiger partial charge in [-0.15, -0.1) is 11.3 Å². The van der Waals surface area contributed by atoms with Crippen LogP contribution in [-0.4, -0.2) is 10.9 Å². The van der Waals surface area contributed by atoms with E-state index >= 15 is 0 Å². The number of hydrogen-bond donors (Lipinski definition) is 1. The number of nitrogens with one attached hydrogen (secondary N) is 1. The molecule has 1 N–H and O–H groups in total. The van der Waals surface area contributed by atoms with Gasteiger partial charge in [-0.05, 0) is 20.8 Å². The predicted octanol–water partition coefficient (Wildman–Crippen LogP) is 2.21. The van der Waals surface area contributed by atoms with Crippen LogP contribution < -0.4 is 5.32 Å². The Bertz CT molecular complexity index is 331. The van der Waals surface area contributed by atoms with Crippen LogP contribution in [0.4, 0.5) is 0 Å². The molecule has 4 heteroatoms. The lowest BCUT2D eigenvalue weighted by atomic mass is 10.1. The van der Waals surface area contributed by atoms with Crippen LogP contribution in [0, 0.1) is 6.92 Å². The zero-order valence-electron chi connectivity index (χ0n) is 9.05. The maximum atomic E-state index is 11.3. The van der Waals surface area contributed by atoms with E-state index in [1.165, 1.54) is 0 Å². The first-order valence-electron chi connectivity index (χ1n) is 4.69. The molecule has 1 aromatic heterocycles. The van der Waals surface area contributed by atoms with Gasteiger partial charge in [0, 0.05) is 17.5 Å². The number of hydrogen-bond acceptors (Lipinski definition) is 3. The molecule has 3 nitrogen and oxygen atoms in total. The molecule has 0 aliphatic carbocycles. The lowest BCUT2D eigenvalue weighted by Gasteiger charge is -2.23. The van der Waals surface area contributed by atoms with Gasteiger partial charge in [0.25, 0.3) is 0 Å². The van der Waals surface area contributed by atoms with Gasteiger partial charge in [0.15, 0.2) is 0 Å². The van der Waals surface area contributed by atoms with E-state index < -0.39 is 0 Å². The second kappa shape index (κ2) is 4.09. The molecule has 0 fully saturated rings. The van der Waals surface area contributed by atoms with E-state index in [1.54, 1.807) is 11.3 Å². The van der Waals surface area contributed by atoms with Crippen molar-refractivity contribution in [2.45, 2.75) is 39.7 Å². The summed E-state index contributed by atoms with van der Waals surface area (Å²) in [5.74, 6) is 0.0582. The monoisotopic (exact) mass is 212 g/mol. The first-order valence-corrected chi connectivity index (χ1v) is 5.57. The van der Waals surface area contributed by atoms with Crippen LogP contribution >= 0.6 is 11.3 Å². The highest BCUT2D eigenvalue weighted by Gasteiger charge is 2.25. The standard InChI is InChI=1S/C10H16N2OS/c1-5-8(13)12-10(3,4)9-11-7(2)6-14-9/h6H,5H2,1-4H3,(H,12,13). The van der Waals surface area contributed by atoms with Crippen molar-refractivity contribution in [3.63, 3.8) is 0 Å². The summed E-state index contributed by atoms with van der Waals surface area (Å²) in [6.45, 7) is 7.74. The topological polar surface area (TPSA) is 42.0 Å². The van der Waals surface area contributed by atoms with E-state index in [0.29, 0.717) is 6.42 Å². The minimum absolute atomic E-state index is 0.0582. The summed E-state index contributed by atoms with van der Waals surface area (Å²) in [6.07, 6.45) is 0.508. The van der Waals surface area contributed by atoms with Crippen molar-refractivity contribution in [3.8, 4) is 0 Å². The molecule has 0 unspecified atom stereocenters. The number of rotatable bonds is 3. The van der Waals surface area contributed by atoms with Gasteiger partial charge in [0.05, 0.1) is 5.54 Å². The van der Waals surface area contributed by atoms with Crippen molar-refractivity contribution >= 4 is 17.2 Å². The highest BCUT2D eigenvalue weighted by molar-refractivity contribution is 7.09. The van der Waals surface area contributed by atoms with Gasteiger partial charge in [-0.25, -0.2) is 4.98 Å². The van der Waals surface area contributed by atoms with Crippen molar-refractivity contribution in [1.29, 1.82) is 0 Å². The van der Waals surface area contributed by atoms with Gasteiger partial charge in [0.1, 0.15) is 5.01 Å². The molecule has 14 heavy (non-hydrogen) atoms. The Balaban J connectivity index is 2.79. The summed E-state index contributed by atoms with van der Waals surface area (Å²) in [6, 6.07) is 0. The Morgan fingerprint density at radius 3 is 2.71 bits per heavy atom. The van der Waals surface area contributed by atoms with Crippen LogP contribution in [0.5, 0.6) is 0 Å². The van der Waals surface area contributed by atoms with Gasteiger partial charge >= 0.3 is 0 Å². The SMILES string of the molecule is CCC(=O)NC(C)(C)c1nc(C)cs1. The fourth-order valence-corrected chi connectivity index (χ4v) is 2.01. The Labute approximate surface area is 88.6 Å². The first-order chi connectivity index (χ1) is 6.45. The Kier molecular flexibility index (Phi) is 3.26. The molecule has 0 spiro atoms. The van der Waals surface area contributed by atoms with Crippen LogP contribution in [0.25, 0.3) is 0 Å². The second-order valence-corrected chi connectivity index (χ2v) is 4.68. The molecule has 0 saturated heterocycles. The zero-order valence-corrected chi connectivity index (χ0v) is 9.86. The largest absolute Gasteiger partial charge is 0.345 e. The maximum absolute atomic E-state index is 11.3. The highest BCUT2D eigenvalue weighted by Crippen LogP contribution is 2.23. The molecule has 0 bridgehead atoms. The molecule has 0 saturated carbocycles. The van der Waals surface area contributed by atoms with Crippen molar-refractivity contribution in [3.05, 3.63) is 16.1 Å². The minimum atomic E-state index is -0.355. The van der Waals surface area contributed by atoms with E-state index in [-0.39, 0.29) is 11.4 Å². The van der Waals surface area contributed by atoms with Gasteiger partial charge in [-0.3, -0.25) is 4.79 Å². The number of amides is 1. The quantitative estimate of drug-likeness (QED) is 0.834. The van der Waals surface area contributed by atoms with Gasteiger partial charge in [-0.2, -0.15) is 0 Å². The number of aryl methyl sites for hydroxylation is 1. The number of aromatic nitrogens is 1. The molecule has 0 aliphatic heterocycles. The average molecular weight is 212 g/mol. The third kappa shape index (κ3) is 2.54. The normalized spacial score (nSPS) is 11.4. The predicted molar refractivity (Wildman–Crippen MR) is 58.3 cm³/mol. The van der Waals surface area contributed by atoms with Crippen molar-refractivity contribution in [2.75, 3.05) is 0 Å². The van der Waals surface area contributed by atoms with E-state index in [2.05, 4.69) is 10.3 Å². The van der Waals surface area contributed by atoms with E-state index in [1.807, 2.05) is 33.1 Å². The third-order valence-electron chi connectivity index (χ3n) is 1.93. The fourth-order valence-electron chi connectivity index (χ4n) is 1.13. The maximum Gasteiger partial charge on any atom is 0.220 e. The molecule has 1 amide bonds. The number of nitrogens with zero attached hydrogens (tertiary/aromatic N) is 1. The lowest BCUT2D eigenvalue weighted by molar-refractivity contribution is -0.122. The molecule has 0 atom stereocenters. The number of thiazole rings is 1. The summed E-state index contributed by atoms with van der Waals surface area (Å²) in [7, 11) is 0. The molecule has 0 aliphatic rings. The lowest BCUT2D eigenvalue weighted by Crippen LogP contribution is -2.40. The Morgan fingerprint density at radius 2 is 2.29 bits per heavy atom. The molecule has 1 rings (SSSR count). The minimum Gasteiger partial charge on any atom is -0.345 e. The van der Waals surface area contributed by atoms with Crippen LogP contribution in [0.2, 0.25) is 0 Å². The van der Waals surface area contributed by atoms with Crippen LogP contribution in [0.15, 0.2) is 5.38 Å². The Morgan fingerprint density at radius 1 is 1.64 bits per heavy atom. The van der Waals surface area contributed by atoms with Gasteiger partial charge < -0.3 is 5.32 Å². The highest BCUT2D eigenvalue weighted by atomic mass is 32.1. The fraction of sp³-hybridized carbons (Fsp3) is 0.600. The van der Waals surface area contributed by atoms with E-state index in [0.717, 1.165) is 10.7 Å². The van der Waals surface area contributed by atoms with Crippen LogP contribution in [-0.2, 0) is 10.3 Å². The molecule has 0 aromatic carbocycles. The van der Waals surface area contributed by atoms with Gasteiger partial charge in [-0.1, -0.05) is 6.92 Å². The zero-order chi connectivity index (χ0) is 10.8. The molecular weight excluding hydrogens is 196 g/mol. The Hall–Kier alpha value is -0.900. The summed E-state index contributed by atoms with van der Waals surface area (Å²) in [4.78, 5) is 15.6. The third-order valence-corrected chi connectivity index (χ3v) is 3.21. The van der Waals surface area contributed by atoms with E-state index in [4.69, 9.17) is 0 Å². The van der Waals surface area contributed by atoms with Crippen LogP contribution in [0.1, 0.15) is 37.9 Å². The number of carbonyl (C=O) groups is 1. The second-order valence-electron chi connectivity index (χ2n) is 3.82. The van der Waals surface area contributed by atoms with Crippen molar-refractivity contribution < 1.29 is 4.79 Å². The van der Waals surface area contributed by atoms with E-state index in [9.17, 15) is 4.79 Å². The average Bonchev–Trinajstić information content (AvgIpc) is 2.51. The molecule has 1 heterocycles. The summed E-state index contributed by atoms with van der Waals surface area (Å²) in [5, 5.41) is 5.90. The van der Waals surface area contributed by atoms with Crippen LogP contribution in [0.3, 0.4) is 0 Å².